The predicted molar refractivity (Wildman–Crippen MR) is 105 cm³/mol. The molecule has 0 aliphatic heterocycles. The molecule has 0 saturated heterocycles. The van der Waals surface area contributed by atoms with Crippen LogP contribution in [0.3, 0.4) is 0 Å². The summed E-state index contributed by atoms with van der Waals surface area (Å²) in [6, 6.07) is 18.4. The van der Waals surface area contributed by atoms with Crippen LogP contribution in [-0.4, -0.2) is 17.4 Å². The van der Waals surface area contributed by atoms with E-state index in [4.69, 9.17) is 0 Å². The molecule has 0 aliphatic rings. The lowest BCUT2D eigenvalue weighted by Crippen LogP contribution is -2.29. The number of rotatable bonds is 6. The quantitative estimate of drug-likeness (QED) is 0.647. The van der Waals surface area contributed by atoms with Crippen molar-refractivity contribution in [2.45, 2.75) is 33.1 Å². The van der Waals surface area contributed by atoms with E-state index in [9.17, 15) is 4.79 Å². The third kappa shape index (κ3) is 3.76. The minimum absolute atomic E-state index is 0.0857. The smallest absolute Gasteiger partial charge is 0.227 e. The molecule has 3 nitrogen and oxygen atoms in total. The summed E-state index contributed by atoms with van der Waals surface area (Å²) in [5, 5.41) is 4.21. The summed E-state index contributed by atoms with van der Waals surface area (Å²) >= 11 is 0. The largest absolute Gasteiger partial charge is 0.356 e. The molecule has 0 fully saturated rings. The number of carbonyl (C=O) groups is 1. The van der Waals surface area contributed by atoms with Crippen LogP contribution in [0.15, 0.2) is 54.6 Å². The van der Waals surface area contributed by atoms with Crippen LogP contribution < -0.4 is 5.32 Å². The van der Waals surface area contributed by atoms with E-state index in [0.717, 1.165) is 40.7 Å². The van der Waals surface area contributed by atoms with Crippen molar-refractivity contribution in [1.82, 2.24) is 10.3 Å². The molecule has 1 atom stereocenters. The third-order valence-corrected chi connectivity index (χ3v) is 4.66. The minimum atomic E-state index is -0.210. The molecular formula is C22H26N2O. The van der Waals surface area contributed by atoms with Crippen molar-refractivity contribution in [3.05, 3.63) is 60.2 Å². The van der Waals surface area contributed by atoms with E-state index in [1.54, 1.807) is 0 Å². The van der Waals surface area contributed by atoms with E-state index in [2.05, 4.69) is 48.4 Å². The second-order valence-corrected chi connectivity index (χ2v) is 7.02. The fourth-order valence-electron chi connectivity index (χ4n) is 3.21. The topological polar surface area (TPSA) is 44.9 Å². The Morgan fingerprint density at radius 2 is 1.68 bits per heavy atom. The first kappa shape index (κ1) is 17.3. The Balaban J connectivity index is 1.97. The van der Waals surface area contributed by atoms with Gasteiger partial charge in [-0.2, -0.15) is 0 Å². The summed E-state index contributed by atoms with van der Waals surface area (Å²) in [4.78, 5) is 16.2. The Morgan fingerprint density at radius 3 is 2.40 bits per heavy atom. The molecule has 1 aromatic heterocycles. The first-order chi connectivity index (χ1) is 12.1. The second-order valence-electron chi connectivity index (χ2n) is 7.02. The van der Waals surface area contributed by atoms with Gasteiger partial charge >= 0.3 is 0 Å². The second kappa shape index (κ2) is 7.56. The number of H-pyrrole nitrogens is 1. The van der Waals surface area contributed by atoms with Crippen molar-refractivity contribution >= 4 is 16.8 Å². The van der Waals surface area contributed by atoms with Gasteiger partial charge in [-0.1, -0.05) is 62.4 Å². The first-order valence-electron chi connectivity index (χ1n) is 9.01. The number of fused-ring (bicyclic) bond motifs is 1. The van der Waals surface area contributed by atoms with Crippen molar-refractivity contribution < 1.29 is 4.79 Å². The van der Waals surface area contributed by atoms with Crippen LogP contribution in [0.25, 0.3) is 22.2 Å². The zero-order valence-electron chi connectivity index (χ0n) is 15.2. The molecule has 2 N–H and O–H groups in total. The molecule has 1 amide bonds. The Hall–Kier alpha value is -2.55. The van der Waals surface area contributed by atoms with Gasteiger partial charge in [-0.3, -0.25) is 4.79 Å². The molecule has 3 heteroatoms. The molecule has 0 spiro atoms. The summed E-state index contributed by atoms with van der Waals surface area (Å²) in [6.07, 6.45) is 0.998. The maximum absolute atomic E-state index is 12.7. The molecule has 1 unspecified atom stereocenters. The SMILES string of the molecule is CC(C)CCNC(=O)C(C)c1c(-c2ccccc2)[nH]c2ccccc12. The monoisotopic (exact) mass is 334 g/mol. The van der Waals surface area contributed by atoms with E-state index in [-0.39, 0.29) is 11.8 Å². The molecule has 3 rings (SSSR count). The summed E-state index contributed by atoms with van der Waals surface area (Å²) in [5.74, 6) is 0.463. The number of carbonyl (C=O) groups excluding carboxylic acids is 1. The molecule has 0 bridgehead atoms. The van der Waals surface area contributed by atoms with E-state index in [1.165, 1.54) is 0 Å². The van der Waals surface area contributed by atoms with Gasteiger partial charge < -0.3 is 10.3 Å². The van der Waals surface area contributed by atoms with Crippen LogP contribution in [-0.2, 0) is 4.79 Å². The number of para-hydroxylation sites is 1. The van der Waals surface area contributed by atoms with Gasteiger partial charge in [0.2, 0.25) is 5.91 Å². The van der Waals surface area contributed by atoms with Crippen molar-refractivity contribution in [3.63, 3.8) is 0 Å². The van der Waals surface area contributed by atoms with Gasteiger partial charge in [-0.15, -0.1) is 0 Å². The first-order valence-corrected chi connectivity index (χ1v) is 9.01. The normalized spacial score (nSPS) is 12.5. The fraction of sp³-hybridized carbons (Fsp3) is 0.318. The molecule has 25 heavy (non-hydrogen) atoms. The summed E-state index contributed by atoms with van der Waals surface area (Å²) in [5.41, 5.74) is 4.28. The van der Waals surface area contributed by atoms with Gasteiger partial charge in [0.15, 0.2) is 0 Å². The van der Waals surface area contributed by atoms with Crippen LogP contribution in [0.2, 0.25) is 0 Å². The molecule has 3 aromatic rings. The fourth-order valence-corrected chi connectivity index (χ4v) is 3.21. The van der Waals surface area contributed by atoms with Crippen LogP contribution in [0.1, 0.15) is 38.7 Å². The number of hydrogen-bond acceptors (Lipinski definition) is 1. The Bertz CT molecular complexity index is 849. The zero-order valence-corrected chi connectivity index (χ0v) is 15.2. The Kier molecular flexibility index (Phi) is 5.22. The van der Waals surface area contributed by atoms with Gasteiger partial charge in [-0.05, 0) is 36.5 Å². The number of amides is 1. The molecule has 130 valence electrons. The van der Waals surface area contributed by atoms with Gasteiger partial charge in [0.25, 0.3) is 0 Å². The highest BCUT2D eigenvalue weighted by atomic mass is 16.1. The number of nitrogens with one attached hydrogen (secondary N) is 2. The minimum Gasteiger partial charge on any atom is -0.356 e. The lowest BCUT2D eigenvalue weighted by atomic mass is 9.94. The van der Waals surface area contributed by atoms with Gasteiger partial charge in [0, 0.05) is 17.4 Å². The van der Waals surface area contributed by atoms with Gasteiger partial charge in [0.05, 0.1) is 11.6 Å². The summed E-state index contributed by atoms with van der Waals surface area (Å²) in [7, 11) is 0. The Morgan fingerprint density at radius 1 is 1.00 bits per heavy atom. The highest BCUT2D eigenvalue weighted by Gasteiger charge is 2.23. The maximum Gasteiger partial charge on any atom is 0.227 e. The molecular weight excluding hydrogens is 308 g/mol. The zero-order chi connectivity index (χ0) is 17.8. The summed E-state index contributed by atoms with van der Waals surface area (Å²) < 4.78 is 0. The maximum atomic E-state index is 12.7. The average molecular weight is 334 g/mol. The average Bonchev–Trinajstić information content (AvgIpc) is 3.01. The van der Waals surface area contributed by atoms with E-state index >= 15 is 0 Å². The highest BCUT2D eigenvalue weighted by Crippen LogP contribution is 2.35. The molecule has 1 heterocycles. The Labute approximate surface area is 149 Å². The molecule has 0 aliphatic carbocycles. The van der Waals surface area contributed by atoms with Crippen LogP contribution in [0.4, 0.5) is 0 Å². The van der Waals surface area contributed by atoms with E-state index < -0.39 is 0 Å². The lowest BCUT2D eigenvalue weighted by Gasteiger charge is -2.15. The number of hydrogen-bond donors (Lipinski definition) is 2. The van der Waals surface area contributed by atoms with Crippen molar-refractivity contribution in [3.8, 4) is 11.3 Å². The molecule has 2 aromatic carbocycles. The van der Waals surface area contributed by atoms with E-state index in [1.807, 2.05) is 37.3 Å². The van der Waals surface area contributed by atoms with Gasteiger partial charge in [-0.25, -0.2) is 0 Å². The highest BCUT2D eigenvalue weighted by molar-refractivity contribution is 5.97. The number of aromatic amines is 1. The molecule has 0 radical (unpaired) electrons. The predicted octanol–water partition coefficient (Wildman–Crippen LogP) is 5.10. The van der Waals surface area contributed by atoms with Crippen molar-refractivity contribution in [1.29, 1.82) is 0 Å². The summed E-state index contributed by atoms with van der Waals surface area (Å²) in [6.45, 7) is 7.06. The standard InChI is InChI=1S/C22H26N2O/c1-15(2)13-14-23-22(25)16(3)20-18-11-7-8-12-19(18)24-21(20)17-9-5-4-6-10-17/h4-12,15-16,24H,13-14H2,1-3H3,(H,23,25). The van der Waals surface area contributed by atoms with Crippen molar-refractivity contribution in [2.24, 2.45) is 5.92 Å². The van der Waals surface area contributed by atoms with Crippen LogP contribution in [0, 0.1) is 5.92 Å². The number of aromatic nitrogens is 1. The van der Waals surface area contributed by atoms with Crippen molar-refractivity contribution in [2.75, 3.05) is 6.54 Å². The van der Waals surface area contributed by atoms with Crippen LogP contribution in [0.5, 0.6) is 0 Å². The number of benzene rings is 2. The lowest BCUT2D eigenvalue weighted by molar-refractivity contribution is -0.122. The van der Waals surface area contributed by atoms with Gasteiger partial charge in [0.1, 0.15) is 0 Å². The third-order valence-electron chi connectivity index (χ3n) is 4.66. The molecule has 0 saturated carbocycles. The van der Waals surface area contributed by atoms with Crippen LogP contribution >= 0.6 is 0 Å². The van der Waals surface area contributed by atoms with E-state index in [0.29, 0.717) is 5.92 Å².